The molecule has 0 saturated carbocycles. The number of halogens is 2. The fourth-order valence-electron chi connectivity index (χ4n) is 3.09. The molecule has 3 aromatic carbocycles. The number of nitrogens with zero attached hydrogens (tertiary/aromatic N) is 1. The molecule has 0 saturated heterocycles. The van der Waals surface area contributed by atoms with E-state index in [9.17, 15) is 13.6 Å². The number of aromatic amines is 1. The summed E-state index contributed by atoms with van der Waals surface area (Å²) in [6.45, 7) is 2.11. The molecular weight excluding hydrogens is 392 g/mol. The average Bonchev–Trinajstić information content (AvgIpc) is 3.11. The zero-order valence-corrected chi connectivity index (χ0v) is 16.3. The molecule has 0 fully saturated rings. The number of H-pyrrole nitrogens is 1. The summed E-state index contributed by atoms with van der Waals surface area (Å²) in [7, 11) is 0. The Morgan fingerprint density at radius 3 is 2.41 bits per heavy atom. The lowest BCUT2D eigenvalue weighted by Crippen LogP contribution is -2.16. The quantitative estimate of drug-likeness (QED) is 0.405. The monoisotopic (exact) mass is 409 g/mol. The van der Waals surface area contributed by atoms with Crippen molar-refractivity contribution < 1.29 is 13.6 Å². The second kappa shape index (κ2) is 8.05. The third-order valence-electron chi connectivity index (χ3n) is 4.48. The van der Waals surface area contributed by atoms with Crippen LogP contribution >= 0.6 is 11.8 Å². The number of carbonyl (C=O) groups is 1. The van der Waals surface area contributed by atoms with E-state index >= 15 is 0 Å². The van der Waals surface area contributed by atoms with Crippen LogP contribution < -0.4 is 5.32 Å². The minimum absolute atomic E-state index is 0.217. The number of rotatable bonds is 5. The summed E-state index contributed by atoms with van der Waals surface area (Å²) < 4.78 is 27.7. The maximum atomic E-state index is 13.8. The average molecular weight is 409 g/mol. The molecule has 0 unspecified atom stereocenters. The Morgan fingerprint density at radius 1 is 1.03 bits per heavy atom. The van der Waals surface area contributed by atoms with Crippen LogP contribution in [-0.4, -0.2) is 21.9 Å². The van der Waals surface area contributed by atoms with Gasteiger partial charge in [0.05, 0.1) is 5.52 Å². The predicted molar refractivity (Wildman–Crippen MR) is 112 cm³/mol. The SMILES string of the molecule is CCSc1ccc(-c2ccc3c(NC(=O)c4c(F)cccc4F)n[nH]c3c2)cc1. The van der Waals surface area contributed by atoms with Crippen LogP contribution in [0.2, 0.25) is 0 Å². The highest BCUT2D eigenvalue weighted by atomic mass is 32.2. The van der Waals surface area contributed by atoms with E-state index in [0.717, 1.165) is 29.0 Å². The first-order chi connectivity index (χ1) is 14.1. The van der Waals surface area contributed by atoms with Gasteiger partial charge in [0.25, 0.3) is 5.91 Å². The number of hydrogen-bond donors (Lipinski definition) is 2. The van der Waals surface area contributed by atoms with Crippen molar-refractivity contribution in [2.24, 2.45) is 0 Å². The molecule has 0 aliphatic heterocycles. The van der Waals surface area contributed by atoms with Gasteiger partial charge < -0.3 is 5.32 Å². The summed E-state index contributed by atoms with van der Waals surface area (Å²) in [5.74, 6) is -1.50. The highest BCUT2D eigenvalue weighted by molar-refractivity contribution is 7.99. The number of benzene rings is 3. The van der Waals surface area contributed by atoms with Crippen molar-refractivity contribution >= 4 is 34.4 Å². The highest BCUT2D eigenvalue weighted by Crippen LogP contribution is 2.29. The van der Waals surface area contributed by atoms with Crippen molar-refractivity contribution in [3.8, 4) is 11.1 Å². The van der Waals surface area contributed by atoms with Gasteiger partial charge in [-0.1, -0.05) is 31.2 Å². The Kier molecular flexibility index (Phi) is 5.31. The Morgan fingerprint density at radius 2 is 1.72 bits per heavy atom. The lowest BCUT2D eigenvalue weighted by Gasteiger charge is -2.06. The van der Waals surface area contributed by atoms with Gasteiger partial charge in [0.2, 0.25) is 0 Å². The molecule has 4 aromatic rings. The first kappa shape index (κ1) is 19.1. The van der Waals surface area contributed by atoms with Crippen molar-refractivity contribution in [3.05, 3.63) is 77.9 Å². The Hall–Kier alpha value is -3.19. The van der Waals surface area contributed by atoms with Crippen LogP contribution in [0.4, 0.5) is 14.6 Å². The maximum absolute atomic E-state index is 13.8. The molecule has 0 radical (unpaired) electrons. The zero-order valence-electron chi connectivity index (χ0n) is 15.5. The summed E-state index contributed by atoms with van der Waals surface area (Å²) in [4.78, 5) is 13.5. The molecule has 146 valence electrons. The Balaban J connectivity index is 1.61. The number of thioether (sulfide) groups is 1. The number of aromatic nitrogens is 2. The first-order valence-corrected chi connectivity index (χ1v) is 10.0. The Bertz CT molecular complexity index is 1170. The van der Waals surface area contributed by atoms with Gasteiger partial charge in [-0.15, -0.1) is 11.8 Å². The van der Waals surface area contributed by atoms with E-state index < -0.39 is 23.1 Å². The van der Waals surface area contributed by atoms with Crippen LogP contribution in [0.1, 0.15) is 17.3 Å². The van der Waals surface area contributed by atoms with E-state index in [1.165, 1.54) is 11.0 Å². The number of hydrogen-bond acceptors (Lipinski definition) is 3. The molecule has 1 heterocycles. The van der Waals surface area contributed by atoms with Gasteiger partial charge in [-0.05, 0) is 53.3 Å². The van der Waals surface area contributed by atoms with Gasteiger partial charge in [0.1, 0.15) is 17.2 Å². The number of carbonyl (C=O) groups excluding carboxylic acids is 1. The minimum Gasteiger partial charge on any atom is -0.304 e. The van der Waals surface area contributed by atoms with Crippen molar-refractivity contribution in [1.29, 1.82) is 0 Å². The van der Waals surface area contributed by atoms with Crippen molar-refractivity contribution in [2.45, 2.75) is 11.8 Å². The van der Waals surface area contributed by atoms with E-state index in [4.69, 9.17) is 0 Å². The molecule has 29 heavy (non-hydrogen) atoms. The van der Waals surface area contributed by atoms with Gasteiger partial charge in [0, 0.05) is 10.3 Å². The first-order valence-electron chi connectivity index (χ1n) is 9.03. The molecule has 0 atom stereocenters. The molecule has 0 aliphatic rings. The van der Waals surface area contributed by atoms with Crippen molar-refractivity contribution in [1.82, 2.24) is 10.2 Å². The maximum Gasteiger partial charge on any atom is 0.262 e. The summed E-state index contributed by atoms with van der Waals surface area (Å²) in [6, 6.07) is 17.2. The van der Waals surface area contributed by atoms with E-state index in [2.05, 4.69) is 46.7 Å². The van der Waals surface area contributed by atoms with E-state index in [1.54, 1.807) is 11.8 Å². The van der Waals surface area contributed by atoms with E-state index in [-0.39, 0.29) is 5.82 Å². The minimum atomic E-state index is -0.922. The van der Waals surface area contributed by atoms with Gasteiger partial charge in [0.15, 0.2) is 5.82 Å². The molecule has 1 amide bonds. The number of anilines is 1. The fraction of sp³-hybridized carbons (Fsp3) is 0.0909. The standard InChI is InChI=1S/C22H17F2N3OS/c1-2-29-15-9-6-13(7-10-15)14-8-11-16-19(12-14)26-27-21(16)25-22(28)20-17(23)4-3-5-18(20)24/h3-12H,2H2,1H3,(H2,25,26,27,28). The van der Waals surface area contributed by atoms with Crippen LogP contribution in [-0.2, 0) is 0 Å². The fourth-order valence-corrected chi connectivity index (χ4v) is 3.75. The predicted octanol–water partition coefficient (Wildman–Crippen LogP) is 5.87. The smallest absolute Gasteiger partial charge is 0.262 e. The van der Waals surface area contributed by atoms with Crippen molar-refractivity contribution in [3.63, 3.8) is 0 Å². The lowest BCUT2D eigenvalue weighted by molar-refractivity contribution is 0.101. The van der Waals surface area contributed by atoms with Gasteiger partial charge in [-0.3, -0.25) is 9.89 Å². The molecule has 2 N–H and O–H groups in total. The van der Waals surface area contributed by atoms with Crippen LogP contribution in [0.25, 0.3) is 22.0 Å². The second-order valence-corrected chi connectivity index (χ2v) is 7.68. The third-order valence-corrected chi connectivity index (χ3v) is 5.38. The second-order valence-electron chi connectivity index (χ2n) is 6.34. The van der Waals surface area contributed by atoms with Crippen LogP contribution in [0, 0.1) is 11.6 Å². The van der Waals surface area contributed by atoms with Crippen LogP contribution in [0.5, 0.6) is 0 Å². The van der Waals surface area contributed by atoms with Crippen LogP contribution in [0.15, 0.2) is 65.6 Å². The molecular formula is C22H17F2N3OS. The molecule has 7 heteroatoms. The molecule has 1 aromatic heterocycles. The van der Waals surface area contributed by atoms with Gasteiger partial charge >= 0.3 is 0 Å². The van der Waals surface area contributed by atoms with Gasteiger partial charge in [-0.25, -0.2) is 8.78 Å². The summed E-state index contributed by atoms with van der Waals surface area (Å²) in [5.41, 5.74) is 2.12. The molecule has 0 bridgehead atoms. The summed E-state index contributed by atoms with van der Waals surface area (Å²) >= 11 is 1.78. The zero-order chi connectivity index (χ0) is 20.4. The normalized spacial score (nSPS) is 11.0. The van der Waals surface area contributed by atoms with Crippen LogP contribution in [0.3, 0.4) is 0 Å². The third kappa shape index (κ3) is 3.86. The topological polar surface area (TPSA) is 57.8 Å². The number of nitrogens with one attached hydrogen (secondary N) is 2. The molecule has 0 spiro atoms. The molecule has 0 aliphatic carbocycles. The summed E-state index contributed by atoms with van der Waals surface area (Å²) in [5, 5.41) is 10.1. The number of amides is 1. The molecule has 4 rings (SSSR count). The Labute approximate surface area is 170 Å². The van der Waals surface area contributed by atoms with Crippen molar-refractivity contribution in [2.75, 3.05) is 11.1 Å². The van der Waals surface area contributed by atoms with Gasteiger partial charge in [-0.2, -0.15) is 5.10 Å². The highest BCUT2D eigenvalue weighted by Gasteiger charge is 2.19. The summed E-state index contributed by atoms with van der Waals surface area (Å²) in [6.07, 6.45) is 0. The number of fused-ring (bicyclic) bond motifs is 1. The van der Waals surface area contributed by atoms with E-state index in [1.807, 2.05) is 18.2 Å². The molecule has 4 nitrogen and oxygen atoms in total. The van der Waals surface area contributed by atoms with E-state index in [0.29, 0.717) is 10.9 Å². The largest absolute Gasteiger partial charge is 0.304 e. The lowest BCUT2D eigenvalue weighted by atomic mass is 10.0.